The van der Waals surface area contributed by atoms with Gasteiger partial charge in [-0.2, -0.15) is 13.2 Å². The number of benzene rings is 2. The summed E-state index contributed by atoms with van der Waals surface area (Å²) < 4.78 is 104. The lowest BCUT2D eigenvalue weighted by Gasteiger charge is -2.45. The number of hydrogen-bond donors (Lipinski definition) is 0. The average Bonchev–Trinajstić information content (AvgIpc) is 3.10. The molecule has 2 aromatic heterocycles. The van der Waals surface area contributed by atoms with Crippen LogP contribution >= 0.6 is 0 Å². The maximum absolute atomic E-state index is 16.2. The molecule has 4 heterocycles. The second-order valence-electron chi connectivity index (χ2n) is 11.5. The summed E-state index contributed by atoms with van der Waals surface area (Å²) in [6.07, 6.45) is -0.254. The normalized spacial score (nSPS) is 20.0. The predicted molar refractivity (Wildman–Crippen MR) is 167 cm³/mol. The number of likely N-dealkylation sites (tertiary alicyclic amines) is 1. The minimum absolute atomic E-state index is 0.00970. The van der Waals surface area contributed by atoms with E-state index in [-0.39, 0.29) is 44.1 Å². The van der Waals surface area contributed by atoms with E-state index in [1.165, 1.54) is 39.0 Å². The van der Waals surface area contributed by atoms with Crippen LogP contribution in [0.2, 0.25) is 0 Å². The Morgan fingerprint density at radius 2 is 1.83 bits per heavy atom. The number of pyridine rings is 1. The molecule has 2 aromatic carbocycles. The van der Waals surface area contributed by atoms with Crippen LogP contribution in [-0.2, 0) is 16.6 Å². The van der Waals surface area contributed by atoms with Crippen molar-refractivity contribution in [3.8, 4) is 17.2 Å². The second kappa shape index (κ2) is 13.5. The van der Waals surface area contributed by atoms with Gasteiger partial charge in [-0.3, -0.25) is 9.88 Å². The molecule has 10 nitrogen and oxygen atoms in total. The fourth-order valence-electron chi connectivity index (χ4n) is 6.41. The maximum atomic E-state index is 16.2. The molecule has 3 atom stereocenters. The Labute approximate surface area is 275 Å². The number of piperidine rings is 1. The van der Waals surface area contributed by atoms with E-state index in [1.807, 2.05) is 4.90 Å². The second-order valence-corrected chi connectivity index (χ2v) is 13.3. The van der Waals surface area contributed by atoms with Crippen molar-refractivity contribution in [3.05, 3.63) is 96.0 Å². The van der Waals surface area contributed by atoms with E-state index in [1.54, 1.807) is 36.4 Å². The van der Waals surface area contributed by atoms with Gasteiger partial charge in [-0.1, -0.05) is 6.07 Å². The number of nitrogens with zero attached hydrogens (tertiary/aromatic N) is 5. The molecule has 2 aliphatic rings. The molecule has 0 spiro atoms. The summed E-state index contributed by atoms with van der Waals surface area (Å²) in [7, 11) is -1.70. The minimum atomic E-state index is -4.62. The molecular formula is C33H33F4N5O5S. The molecule has 15 heteroatoms. The van der Waals surface area contributed by atoms with Crippen molar-refractivity contribution < 1.29 is 40.2 Å². The Bertz CT molecular complexity index is 1850. The molecule has 1 unspecified atom stereocenters. The molecule has 4 aromatic rings. The first-order chi connectivity index (χ1) is 23.0. The Kier molecular flexibility index (Phi) is 9.43. The van der Waals surface area contributed by atoms with Crippen LogP contribution in [0.4, 0.5) is 23.4 Å². The van der Waals surface area contributed by atoms with E-state index in [0.29, 0.717) is 34.7 Å². The predicted octanol–water partition coefficient (Wildman–Crippen LogP) is 6.26. The monoisotopic (exact) mass is 687 g/mol. The third kappa shape index (κ3) is 6.61. The van der Waals surface area contributed by atoms with E-state index in [0.717, 1.165) is 16.4 Å². The van der Waals surface area contributed by atoms with Gasteiger partial charge in [0.25, 0.3) is 10.0 Å². The van der Waals surface area contributed by atoms with Crippen LogP contribution in [0.25, 0.3) is 0 Å². The Morgan fingerprint density at radius 1 is 1.00 bits per heavy atom. The summed E-state index contributed by atoms with van der Waals surface area (Å²) in [6, 6.07) is 12.4. The van der Waals surface area contributed by atoms with E-state index in [2.05, 4.69) is 15.0 Å². The molecular weight excluding hydrogens is 654 g/mol. The van der Waals surface area contributed by atoms with Crippen molar-refractivity contribution in [1.82, 2.24) is 19.9 Å². The van der Waals surface area contributed by atoms with Gasteiger partial charge in [-0.15, -0.1) is 0 Å². The number of hydrogen-bond acceptors (Lipinski definition) is 9. The lowest BCUT2D eigenvalue weighted by atomic mass is 9.85. The zero-order chi connectivity index (χ0) is 34.1. The molecule has 254 valence electrons. The molecule has 0 amide bonds. The van der Waals surface area contributed by atoms with Crippen molar-refractivity contribution in [2.75, 3.05) is 31.7 Å². The van der Waals surface area contributed by atoms with Crippen molar-refractivity contribution in [1.29, 1.82) is 0 Å². The first-order valence-electron chi connectivity index (χ1n) is 15.2. The average molecular weight is 688 g/mol. The highest BCUT2D eigenvalue weighted by atomic mass is 32.2. The topological polar surface area (TPSA) is 107 Å². The summed E-state index contributed by atoms with van der Waals surface area (Å²) in [5.74, 6) is -1.59. The SMILES string of the molecule is COc1ccc(CN(c2ccncn2)S(=O)(=O)c2cc3c(cc2F)C(N2CC[C@@H](C(F)(F)F)C[C@H]2c2ccccn2)CCO3)c(OC)c1. The molecule has 1 fully saturated rings. The Balaban J connectivity index is 1.38. The number of halogens is 4. The quantitative estimate of drug-likeness (QED) is 0.189. The molecule has 48 heavy (non-hydrogen) atoms. The highest BCUT2D eigenvalue weighted by Gasteiger charge is 2.47. The standard InChI is InChI=1S/C33H33F4N5O5S/c1-45-23-7-6-21(29(16-23)46-2)19-42(32-8-12-38-20-40-32)48(43,44)31-18-30-24(17-25(31)34)27(10-14-47-30)41-13-9-22(33(35,36)37)15-28(41)26-5-3-4-11-39-26/h3-8,11-12,16-18,20,22,27-28H,9-10,13-15,19H2,1-2H3/t22-,27?,28+/m1/s1. The fourth-order valence-corrected chi connectivity index (χ4v) is 7.87. The van der Waals surface area contributed by atoms with Gasteiger partial charge >= 0.3 is 6.18 Å². The summed E-state index contributed by atoms with van der Waals surface area (Å²) in [6.45, 7) is -0.0373. The summed E-state index contributed by atoms with van der Waals surface area (Å²) in [5.41, 5.74) is 1.29. The number of sulfonamides is 1. The van der Waals surface area contributed by atoms with Crippen LogP contribution in [-0.4, -0.2) is 61.8 Å². The molecule has 6 rings (SSSR count). The van der Waals surface area contributed by atoms with Crippen molar-refractivity contribution >= 4 is 15.8 Å². The maximum Gasteiger partial charge on any atom is 0.391 e. The zero-order valence-corrected chi connectivity index (χ0v) is 26.9. The van der Waals surface area contributed by atoms with E-state index in [9.17, 15) is 21.6 Å². The van der Waals surface area contributed by atoms with E-state index < -0.39 is 44.9 Å². The molecule has 0 saturated carbocycles. The third-order valence-electron chi connectivity index (χ3n) is 8.81. The van der Waals surface area contributed by atoms with Crippen molar-refractivity contribution in [3.63, 3.8) is 0 Å². The van der Waals surface area contributed by atoms with E-state index >= 15 is 4.39 Å². The first-order valence-corrected chi connectivity index (χ1v) is 16.6. The number of fused-ring (bicyclic) bond motifs is 1. The summed E-state index contributed by atoms with van der Waals surface area (Å²) in [4.78, 5) is 13.6. The van der Waals surface area contributed by atoms with Gasteiger partial charge < -0.3 is 14.2 Å². The van der Waals surface area contributed by atoms with Crippen LogP contribution < -0.4 is 18.5 Å². The van der Waals surface area contributed by atoms with Gasteiger partial charge in [0.1, 0.15) is 40.1 Å². The van der Waals surface area contributed by atoms with Gasteiger partial charge in [0, 0.05) is 60.7 Å². The number of ether oxygens (including phenoxy) is 3. The number of rotatable bonds is 9. The van der Waals surface area contributed by atoms with Crippen LogP contribution in [0.1, 0.15) is 48.2 Å². The largest absolute Gasteiger partial charge is 0.497 e. The molecule has 0 aliphatic carbocycles. The molecule has 0 N–H and O–H groups in total. The van der Waals surface area contributed by atoms with Gasteiger partial charge in [0.2, 0.25) is 0 Å². The van der Waals surface area contributed by atoms with Gasteiger partial charge in [0.05, 0.1) is 45.0 Å². The smallest absolute Gasteiger partial charge is 0.391 e. The van der Waals surface area contributed by atoms with Gasteiger partial charge in [-0.05, 0) is 43.2 Å². The van der Waals surface area contributed by atoms with Crippen molar-refractivity contribution in [2.45, 2.75) is 49.0 Å². The highest BCUT2D eigenvalue weighted by Crippen LogP contribution is 2.48. The minimum Gasteiger partial charge on any atom is -0.497 e. The lowest BCUT2D eigenvalue weighted by Crippen LogP contribution is -2.44. The van der Waals surface area contributed by atoms with Crippen LogP contribution in [0.3, 0.4) is 0 Å². The van der Waals surface area contributed by atoms with Crippen LogP contribution in [0.5, 0.6) is 17.2 Å². The number of methoxy groups -OCH3 is 2. The molecule has 1 saturated heterocycles. The summed E-state index contributed by atoms with van der Waals surface area (Å²) >= 11 is 0. The molecule has 0 radical (unpaired) electrons. The lowest BCUT2D eigenvalue weighted by molar-refractivity contribution is -0.192. The first kappa shape index (κ1) is 33.4. The number of aromatic nitrogens is 3. The Hall–Kier alpha value is -4.50. The fraction of sp³-hybridized carbons (Fsp3) is 0.364. The molecule has 0 bridgehead atoms. The van der Waals surface area contributed by atoms with Crippen LogP contribution in [0, 0.1) is 11.7 Å². The van der Waals surface area contributed by atoms with Gasteiger partial charge in [0.15, 0.2) is 0 Å². The van der Waals surface area contributed by atoms with Crippen molar-refractivity contribution in [2.24, 2.45) is 5.92 Å². The van der Waals surface area contributed by atoms with Gasteiger partial charge in [-0.25, -0.2) is 27.1 Å². The Morgan fingerprint density at radius 3 is 2.52 bits per heavy atom. The highest BCUT2D eigenvalue weighted by molar-refractivity contribution is 7.92. The summed E-state index contributed by atoms with van der Waals surface area (Å²) in [5, 5.41) is 0. The molecule has 2 aliphatic heterocycles. The number of anilines is 1. The van der Waals surface area contributed by atoms with Crippen LogP contribution in [0.15, 0.2) is 78.2 Å². The number of alkyl halides is 3. The van der Waals surface area contributed by atoms with E-state index in [4.69, 9.17) is 14.2 Å². The zero-order valence-electron chi connectivity index (χ0n) is 26.1. The third-order valence-corrected chi connectivity index (χ3v) is 10.6.